The first kappa shape index (κ1) is 10.9. The highest BCUT2D eigenvalue weighted by atomic mass is 31.1. The van der Waals surface area contributed by atoms with Gasteiger partial charge in [0.05, 0.1) is 5.60 Å². The Labute approximate surface area is 68.0 Å². The molecular weight excluding hydrogens is 163 g/mol. The van der Waals surface area contributed by atoms with Crippen molar-refractivity contribution in [3.63, 3.8) is 0 Å². The lowest BCUT2D eigenvalue weighted by Gasteiger charge is -2.19. The van der Waals surface area contributed by atoms with Crippen LogP contribution >= 0.6 is 8.25 Å². The van der Waals surface area contributed by atoms with Crippen LogP contribution in [0, 0.1) is 0 Å². The summed E-state index contributed by atoms with van der Waals surface area (Å²) in [5, 5.41) is 0. The zero-order valence-electron chi connectivity index (χ0n) is 7.34. The maximum absolute atomic E-state index is 10.3. The molecule has 1 atom stereocenters. The molecule has 1 N–H and O–H groups in total. The van der Waals surface area contributed by atoms with E-state index in [0.29, 0.717) is 0 Å². The van der Waals surface area contributed by atoms with Crippen LogP contribution in [0.25, 0.3) is 0 Å². The van der Waals surface area contributed by atoms with Crippen molar-refractivity contribution in [3.05, 3.63) is 11.6 Å². The van der Waals surface area contributed by atoms with E-state index in [9.17, 15) is 4.57 Å². The molecule has 0 aromatic rings. The third kappa shape index (κ3) is 6.29. The van der Waals surface area contributed by atoms with Gasteiger partial charge < -0.3 is 9.42 Å². The molecule has 11 heavy (non-hydrogen) atoms. The SMILES string of the molecule is CC(C)=CC(C)(C)O[PH](=O)O. The maximum Gasteiger partial charge on any atom is 0.317 e. The van der Waals surface area contributed by atoms with Crippen molar-refractivity contribution in [2.45, 2.75) is 33.3 Å². The van der Waals surface area contributed by atoms with Gasteiger partial charge in [0.2, 0.25) is 0 Å². The molecule has 0 rings (SSSR count). The highest BCUT2D eigenvalue weighted by Crippen LogP contribution is 2.27. The van der Waals surface area contributed by atoms with Gasteiger partial charge in [0.15, 0.2) is 0 Å². The topological polar surface area (TPSA) is 46.5 Å². The van der Waals surface area contributed by atoms with Crippen molar-refractivity contribution in [1.29, 1.82) is 0 Å². The van der Waals surface area contributed by atoms with E-state index < -0.39 is 13.9 Å². The van der Waals surface area contributed by atoms with Gasteiger partial charge >= 0.3 is 8.25 Å². The van der Waals surface area contributed by atoms with Gasteiger partial charge in [-0.25, -0.2) is 0 Å². The summed E-state index contributed by atoms with van der Waals surface area (Å²) in [4.78, 5) is 8.50. The van der Waals surface area contributed by atoms with Crippen molar-refractivity contribution in [2.24, 2.45) is 0 Å². The Bertz CT molecular complexity index is 180. The summed E-state index contributed by atoms with van der Waals surface area (Å²) >= 11 is 0. The summed E-state index contributed by atoms with van der Waals surface area (Å²) in [5.41, 5.74) is 0.433. The molecule has 66 valence electrons. The van der Waals surface area contributed by atoms with Gasteiger partial charge in [-0.2, -0.15) is 0 Å². The minimum absolute atomic E-state index is 0.635. The van der Waals surface area contributed by atoms with Gasteiger partial charge in [0.25, 0.3) is 0 Å². The zero-order chi connectivity index (χ0) is 9.07. The van der Waals surface area contributed by atoms with Crippen LogP contribution < -0.4 is 0 Å². The number of hydrogen-bond donors (Lipinski definition) is 1. The molecule has 0 spiro atoms. The average molecular weight is 178 g/mol. The fourth-order valence-electron chi connectivity index (χ4n) is 0.950. The quantitative estimate of drug-likeness (QED) is 0.532. The second kappa shape index (κ2) is 4.05. The van der Waals surface area contributed by atoms with E-state index in [2.05, 4.69) is 0 Å². The predicted octanol–water partition coefficient (Wildman–Crippen LogP) is 2.13. The van der Waals surface area contributed by atoms with E-state index in [1.165, 1.54) is 0 Å². The van der Waals surface area contributed by atoms with Crippen molar-refractivity contribution < 1.29 is 14.0 Å². The van der Waals surface area contributed by atoms with Crippen LogP contribution in [-0.2, 0) is 9.09 Å². The average Bonchev–Trinajstić information content (AvgIpc) is 1.53. The van der Waals surface area contributed by atoms with E-state index in [1.807, 2.05) is 19.9 Å². The van der Waals surface area contributed by atoms with Crippen LogP contribution in [-0.4, -0.2) is 10.5 Å². The molecule has 0 heterocycles. The Morgan fingerprint density at radius 1 is 1.55 bits per heavy atom. The second-order valence-electron chi connectivity index (χ2n) is 3.19. The Kier molecular flexibility index (Phi) is 4.01. The van der Waals surface area contributed by atoms with Crippen LogP contribution in [0.3, 0.4) is 0 Å². The third-order valence-electron chi connectivity index (χ3n) is 0.987. The fourth-order valence-corrected chi connectivity index (χ4v) is 1.46. The lowest BCUT2D eigenvalue weighted by Crippen LogP contribution is -2.17. The number of hydrogen-bond acceptors (Lipinski definition) is 2. The number of allylic oxidation sites excluding steroid dienone is 1. The van der Waals surface area contributed by atoms with E-state index >= 15 is 0 Å². The molecule has 0 aromatic carbocycles. The van der Waals surface area contributed by atoms with E-state index in [-0.39, 0.29) is 0 Å². The van der Waals surface area contributed by atoms with Crippen LogP contribution in [0.2, 0.25) is 0 Å². The lowest BCUT2D eigenvalue weighted by atomic mass is 10.1. The summed E-state index contributed by atoms with van der Waals surface area (Å²) in [6.07, 6.45) is 1.81. The van der Waals surface area contributed by atoms with Gasteiger partial charge in [-0.05, 0) is 27.7 Å². The Morgan fingerprint density at radius 2 is 2.00 bits per heavy atom. The van der Waals surface area contributed by atoms with Crippen LogP contribution in [0.5, 0.6) is 0 Å². The summed E-state index contributed by atoms with van der Waals surface area (Å²) in [6, 6.07) is 0. The van der Waals surface area contributed by atoms with Crippen LogP contribution in [0.1, 0.15) is 27.7 Å². The van der Waals surface area contributed by atoms with E-state index in [1.54, 1.807) is 13.8 Å². The van der Waals surface area contributed by atoms with Gasteiger partial charge in [-0.1, -0.05) is 11.6 Å². The Balaban J connectivity index is 4.22. The number of rotatable bonds is 3. The summed E-state index contributed by atoms with van der Waals surface area (Å²) < 4.78 is 15.1. The third-order valence-corrected chi connectivity index (χ3v) is 1.69. The Morgan fingerprint density at radius 3 is 2.27 bits per heavy atom. The largest absolute Gasteiger partial charge is 0.326 e. The maximum atomic E-state index is 10.3. The normalized spacial score (nSPS) is 14.3. The molecule has 0 saturated heterocycles. The zero-order valence-corrected chi connectivity index (χ0v) is 8.34. The molecule has 0 aromatic heterocycles. The minimum atomic E-state index is -2.83. The highest BCUT2D eigenvalue weighted by molar-refractivity contribution is 7.32. The van der Waals surface area contributed by atoms with Gasteiger partial charge in [0, 0.05) is 0 Å². The standard InChI is InChI=1S/C7H15O3P/c1-6(2)5-7(3,4)10-11(8)9/h5,11H,1-4H3,(H,8,9). The molecule has 0 aliphatic heterocycles. The first-order valence-corrected chi connectivity index (χ1v) is 4.68. The van der Waals surface area contributed by atoms with Gasteiger partial charge in [-0.3, -0.25) is 4.57 Å². The molecule has 0 aliphatic carbocycles. The van der Waals surface area contributed by atoms with E-state index in [4.69, 9.17) is 9.42 Å². The minimum Gasteiger partial charge on any atom is -0.326 e. The van der Waals surface area contributed by atoms with Gasteiger partial charge in [-0.15, -0.1) is 0 Å². The summed E-state index contributed by atoms with van der Waals surface area (Å²) in [6.45, 7) is 7.33. The molecule has 0 amide bonds. The molecular formula is C7H15O3P. The molecule has 0 aliphatic rings. The second-order valence-corrected chi connectivity index (χ2v) is 3.93. The molecule has 3 nitrogen and oxygen atoms in total. The van der Waals surface area contributed by atoms with E-state index in [0.717, 1.165) is 5.57 Å². The Hall–Kier alpha value is -0.110. The molecule has 0 saturated carbocycles. The highest BCUT2D eigenvalue weighted by Gasteiger charge is 2.16. The van der Waals surface area contributed by atoms with Crippen molar-refractivity contribution in [1.82, 2.24) is 0 Å². The first-order valence-electron chi connectivity index (χ1n) is 3.41. The smallest absolute Gasteiger partial charge is 0.317 e. The monoisotopic (exact) mass is 178 g/mol. The molecule has 0 radical (unpaired) electrons. The van der Waals surface area contributed by atoms with Gasteiger partial charge in [0.1, 0.15) is 0 Å². The molecule has 4 heteroatoms. The summed E-state index contributed by atoms with van der Waals surface area (Å²) in [5.74, 6) is 0. The fraction of sp³-hybridized carbons (Fsp3) is 0.714. The van der Waals surface area contributed by atoms with Crippen molar-refractivity contribution >= 4 is 8.25 Å². The predicted molar refractivity (Wildman–Crippen MR) is 45.8 cm³/mol. The lowest BCUT2D eigenvalue weighted by molar-refractivity contribution is 0.151. The molecule has 0 fully saturated rings. The first-order chi connectivity index (χ1) is 4.83. The molecule has 1 unspecified atom stereocenters. The van der Waals surface area contributed by atoms with Crippen molar-refractivity contribution in [2.75, 3.05) is 0 Å². The summed E-state index contributed by atoms with van der Waals surface area (Å²) in [7, 11) is -2.83. The van der Waals surface area contributed by atoms with Crippen LogP contribution in [0.15, 0.2) is 11.6 Å². The van der Waals surface area contributed by atoms with Crippen molar-refractivity contribution in [3.8, 4) is 0 Å². The van der Waals surface area contributed by atoms with Crippen LogP contribution in [0.4, 0.5) is 0 Å². The molecule has 0 bridgehead atoms.